The van der Waals surface area contributed by atoms with Gasteiger partial charge in [-0.2, -0.15) is 0 Å². The number of rotatable bonds is 6. The number of fused-ring (bicyclic) bond motifs is 1. The van der Waals surface area contributed by atoms with Crippen molar-refractivity contribution in [3.63, 3.8) is 0 Å². The zero-order valence-electron chi connectivity index (χ0n) is 21.1. The number of esters is 1. The average Bonchev–Trinajstić information content (AvgIpc) is 3.23. The second-order valence-corrected chi connectivity index (χ2v) is 10.3. The molecule has 0 amide bonds. The summed E-state index contributed by atoms with van der Waals surface area (Å²) in [4.78, 5) is 16.7. The molecule has 0 saturated carbocycles. The van der Waals surface area contributed by atoms with Gasteiger partial charge in [-0.25, -0.2) is 18.6 Å². The molecule has 0 unspecified atom stereocenters. The average molecular weight is 498 g/mol. The highest BCUT2D eigenvalue weighted by Crippen LogP contribution is 2.37. The number of carbonyl (C=O) groups excluding carboxylic acids is 1. The first kappa shape index (κ1) is 24.9. The molecule has 1 atom stereocenters. The zero-order valence-corrected chi connectivity index (χ0v) is 21.1. The molecular weight excluding hydrogens is 469 g/mol. The van der Waals surface area contributed by atoms with Crippen molar-refractivity contribution in [2.45, 2.75) is 64.4 Å². The van der Waals surface area contributed by atoms with Crippen molar-refractivity contribution in [2.75, 3.05) is 13.7 Å². The third-order valence-corrected chi connectivity index (χ3v) is 7.45. The first-order chi connectivity index (χ1) is 17.0. The SMILES string of the molecule is COC(=O)c1ccc2nc(Cc3cc(F)c(B4OC(C)(C)C(C)(C)O4)cc3F)n(C[C@@H]3CCO3)c2c1. The van der Waals surface area contributed by atoms with Gasteiger partial charge in [0.1, 0.15) is 17.5 Å². The van der Waals surface area contributed by atoms with Crippen molar-refractivity contribution < 1.29 is 32.4 Å². The number of aromatic nitrogens is 2. The molecule has 10 heteroatoms. The topological polar surface area (TPSA) is 71.8 Å². The molecule has 2 aliphatic heterocycles. The molecule has 2 saturated heterocycles. The maximum Gasteiger partial charge on any atom is 0.497 e. The lowest BCUT2D eigenvalue weighted by molar-refractivity contribution is -0.0589. The number of halogens is 2. The van der Waals surface area contributed by atoms with Gasteiger partial charge in [0.25, 0.3) is 0 Å². The number of imidazole rings is 1. The number of benzene rings is 2. The minimum atomic E-state index is -1.00. The van der Waals surface area contributed by atoms with E-state index in [0.717, 1.165) is 12.5 Å². The lowest BCUT2D eigenvalue weighted by Gasteiger charge is -2.32. The summed E-state index contributed by atoms with van der Waals surface area (Å²) in [6.45, 7) is 8.61. The molecule has 190 valence electrons. The fraction of sp³-hybridized carbons (Fsp3) is 0.462. The van der Waals surface area contributed by atoms with Gasteiger partial charge in [0.2, 0.25) is 0 Å². The van der Waals surface area contributed by atoms with Gasteiger partial charge in [-0.1, -0.05) is 0 Å². The highest BCUT2D eigenvalue weighted by atomic mass is 19.1. The molecule has 2 aliphatic rings. The van der Waals surface area contributed by atoms with Gasteiger partial charge in [-0.15, -0.1) is 0 Å². The van der Waals surface area contributed by atoms with E-state index in [-0.39, 0.29) is 23.6 Å². The standard InChI is InChI=1S/C26H29BF2N2O5/c1-25(2)26(3,4)36-27(35-25)18-13-19(28)16(10-20(18)29)12-23-30-21-7-6-15(24(32)33-5)11-22(21)31(23)14-17-8-9-34-17/h6-7,10-11,13,17H,8-9,12,14H2,1-5H3/t17-/m0/s1. The number of ether oxygens (including phenoxy) is 2. The maximum absolute atomic E-state index is 15.3. The number of methoxy groups -OCH3 is 1. The van der Waals surface area contributed by atoms with E-state index in [1.165, 1.54) is 13.2 Å². The zero-order chi connectivity index (χ0) is 25.8. The van der Waals surface area contributed by atoms with Crippen molar-refractivity contribution in [1.29, 1.82) is 0 Å². The second-order valence-electron chi connectivity index (χ2n) is 10.3. The van der Waals surface area contributed by atoms with E-state index >= 15 is 8.78 Å². The van der Waals surface area contributed by atoms with E-state index in [2.05, 4.69) is 4.98 Å². The van der Waals surface area contributed by atoms with E-state index in [1.54, 1.807) is 18.2 Å². The monoisotopic (exact) mass is 498 g/mol. The first-order valence-corrected chi connectivity index (χ1v) is 12.0. The van der Waals surface area contributed by atoms with E-state index in [4.69, 9.17) is 18.8 Å². The Morgan fingerprint density at radius 1 is 1.14 bits per heavy atom. The molecular formula is C26H29BF2N2O5. The Labute approximate surface area is 208 Å². The van der Waals surface area contributed by atoms with E-state index in [9.17, 15) is 4.79 Å². The molecule has 2 aromatic carbocycles. The molecule has 0 spiro atoms. The summed E-state index contributed by atoms with van der Waals surface area (Å²) in [5, 5.41) is 0. The van der Waals surface area contributed by atoms with Crippen LogP contribution >= 0.6 is 0 Å². The summed E-state index contributed by atoms with van der Waals surface area (Å²) in [7, 11) is 0.317. The Morgan fingerprint density at radius 3 is 2.44 bits per heavy atom. The molecule has 7 nitrogen and oxygen atoms in total. The molecule has 0 bridgehead atoms. The fourth-order valence-corrected chi connectivity index (χ4v) is 4.45. The third kappa shape index (κ3) is 4.31. The van der Waals surface area contributed by atoms with Gasteiger partial charge >= 0.3 is 13.1 Å². The molecule has 0 radical (unpaired) electrons. The summed E-state index contributed by atoms with van der Waals surface area (Å²) >= 11 is 0. The summed E-state index contributed by atoms with van der Waals surface area (Å²) in [5.41, 5.74) is 0.579. The predicted molar refractivity (Wildman–Crippen MR) is 130 cm³/mol. The van der Waals surface area contributed by atoms with Crippen LogP contribution in [0.1, 0.15) is 55.9 Å². The van der Waals surface area contributed by atoms with Crippen LogP contribution in [0.2, 0.25) is 0 Å². The Bertz CT molecular complexity index is 1320. The summed E-state index contributed by atoms with van der Waals surface area (Å²) in [5.74, 6) is -1.10. The number of nitrogens with zero attached hydrogens (tertiary/aromatic N) is 2. The number of hydrogen-bond donors (Lipinski definition) is 0. The van der Waals surface area contributed by atoms with Crippen molar-refractivity contribution in [1.82, 2.24) is 9.55 Å². The van der Waals surface area contributed by atoms with Crippen LogP contribution in [0.15, 0.2) is 30.3 Å². The lowest BCUT2D eigenvalue weighted by atomic mass is 9.78. The Kier molecular flexibility index (Phi) is 6.17. The second kappa shape index (κ2) is 8.94. The summed E-state index contributed by atoms with van der Waals surface area (Å²) in [6, 6.07) is 7.38. The highest BCUT2D eigenvalue weighted by molar-refractivity contribution is 6.62. The van der Waals surface area contributed by atoms with Crippen LogP contribution in [0.25, 0.3) is 11.0 Å². The Balaban J connectivity index is 1.49. The summed E-state index contributed by atoms with van der Waals surface area (Å²) < 4.78 is 54.7. The smallest absolute Gasteiger partial charge is 0.465 e. The molecule has 3 heterocycles. The van der Waals surface area contributed by atoms with E-state index in [1.807, 2.05) is 32.3 Å². The molecule has 3 aromatic rings. The fourth-order valence-electron chi connectivity index (χ4n) is 4.45. The van der Waals surface area contributed by atoms with Crippen molar-refractivity contribution in [3.05, 3.63) is 58.9 Å². The Hall–Kier alpha value is -2.82. The lowest BCUT2D eigenvalue weighted by Crippen LogP contribution is -2.41. The molecule has 0 N–H and O–H groups in total. The van der Waals surface area contributed by atoms with Crippen molar-refractivity contribution in [2.24, 2.45) is 0 Å². The molecule has 2 fully saturated rings. The van der Waals surface area contributed by atoms with Crippen LogP contribution in [0.4, 0.5) is 8.78 Å². The van der Waals surface area contributed by atoms with Gasteiger partial charge in [-0.05, 0) is 70.0 Å². The van der Waals surface area contributed by atoms with Gasteiger partial charge in [0, 0.05) is 18.5 Å². The highest BCUT2D eigenvalue weighted by Gasteiger charge is 2.52. The van der Waals surface area contributed by atoms with Crippen LogP contribution in [0.5, 0.6) is 0 Å². The normalized spacial score (nSPS) is 20.5. The maximum atomic E-state index is 15.3. The Morgan fingerprint density at radius 2 is 1.83 bits per heavy atom. The van der Waals surface area contributed by atoms with E-state index in [0.29, 0.717) is 35.6 Å². The molecule has 0 aliphatic carbocycles. The van der Waals surface area contributed by atoms with Crippen LogP contribution in [0.3, 0.4) is 0 Å². The third-order valence-electron chi connectivity index (χ3n) is 7.45. The molecule has 5 rings (SSSR count). The number of hydrogen-bond acceptors (Lipinski definition) is 6. The van der Waals surface area contributed by atoms with Gasteiger partial charge in [-0.3, -0.25) is 0 Å². The molecule has 1 aromatic heterocycles. The quantitative estimate of drug-likeness (QED) is 0.381. The predicted octanol–water partition coefficient (Wildman–Crippen LogP) is 3.78. The van der Waals surface area contributed by atoms with E-state index < -0.39 is 35.9 Å². The minimum absolute atomic E-state index is 0.00438. The van der Waals surface area contributed by atoms with Crippen molar-refractivity contribution >= 4 is 29.6 Å². The molecule has 36 heavy (non-hydrogen) atoms. The van der Waals surface area contributed by atoms with Crippen LogP contribution in [-0.4, -0.2) is 53.7 Å². The van der Waals surface area contributed by atoms with Crippen LogP contribution in [-0.2, 0) is 31.7 Å². The van der Waals surface area contributed by atoms with Crippen LogP contribution < -0.4 is 5.46 Å². The van der Waals surface area contributed by atoms with Gasteiger partial charge in [0.15, 0.2) is 0 Å². The number of carbonyl (C=O) groups is 1. The van der Waals surface area contributed by atoms with Gasteiger partial charge < -0.3 is 23.3 Å². The van der Waals surface area contributed by atoms with Crippen molar-refractivity contribution in [3.8, 4) is 0 Å². The summed E-state index contributed by atoms with van der Waals surface area (Å²) in [6.07, 6.45) is 0.943. The van der Waals surface area contributed by atoms with Crippen LogP contribution in [0, 0.1) is 11.6 Å². The first-order valence-electron chi connectivity index (χ1n) is 12.0. The van der Waals surface area contributed by atoms with Gasteiger partial charge in [0.05, 0.1) is 47.6 Å². The largest absolute Gasteiger partial charge is 0.497 e. The minimum Gasteiger partial charge on any atom is -0.465 e.